The molecular weight excluding hydrogens is 178 g/mol. The summed E-state index contributed by atoms with van der Waals surface area (Å²) in [6.45, 7) is 1.52. The number of hydrogen-bond donors (Lipinski definition) is 1. The number of hydrogen-bond acceptors (Lipinski definition) is 3. The minimum atomic E-state index is -3.28. The molecule has 0 aliphatic carbocycles. The Labute approximate surface area is 71.5 Å². The van der Waals surface area contributed by atoms with Gasteiger partial charge in [-0.15, -0.1) is 0 Å². The normalized spacial score (nSPS) is 14.6. The van der Waals surface area contributed by atoms with Gasteiger partial charge in [-0.3, -0.25) is 0 Å². The summed E-state index contributed by atoms with van der Waals surface area (Å²) in [5.74, 6) is 0. The highest BCUT2D eigenvalue weighted by Gasteiger charge is 2.12. The summed E-state index contributed by atoms with van der Waals surface area (Å²) in [6, 6.07) is 3.16. The highest BCUT2D eigenvalue weighted by atomic mass is 32.2. The van der Waals surface area contributed by atoms with Gasteiger partial charge in [-0.25, -0.2) is 12.4 Å². The molecule has 12 heavy (non-hydrogen) atoms. The Bertz CT molecular complexity index is 364. The van der Waals surface area contributed by atoms with Gasteiger partial charge >= 0.3 is 0 Å². The molecular formula is C7H11NO3S. The average molecular weight is 189 g/mol. The third-order valence-corrected chi connectivity index (χ3v) is 2.58. The molecule has 68 valence electrons. The predicted octanol–water partition coefficient (Wildman–Crippen LogP) is 0.349. The average Bonchev–Trinajstić information content (AvgIpc) is 2.30. The third-order valence-electron chi connectivity index (χ3n) is 1.53. The van der Waals surface area contributed by atoms with Crippen molar-refractivity contribution in [3.05, 3.63) is 24.0 Å². The third kappa shape index (κ3) is 1.67. The molecule has 1 aromatic heterocycles. The van der Waals surface area contributed by atoms with Crippen molar-refractivity contribution < 1.29 is 13.5 Å². The van der Waals surface area contributed by atoms with Crippen LogP contribution in [0, 0.1) is 0 Å². The van der Waals surface area contributed by atoms with Crippen LogP contribution in [-0.2, 0) is 10.0 Å². The molecule has 1 rings (SSSR count). The first-order chi connectivity index (χ1) is 5.43. The second kappa shape index (κ2) is 2.91. The second-order valence-electron chi connectivity index (χ2n) is 2.67. The molecule has 0 spiro atoms. The van der Waals surface area contributed by atoms with Crippen molar-refractivity contribution in [1.29, 1.82) is 0 Å². The van der Waals surface area contributed by atoms with E-state index in [0.29, 0.717) is 5.69 Å². The smallest absolute Gasteiger partial charge is 0.235 e. The Balaban J connectivity index is 3.26. The van der Waals surface area contributed by atoms with E-state index in [4.69, 9.17) is 0 Å². The standard InChI is InChI=1S/C7H11NO3S/c1-6(9)7-4-3-5-8(7)12(2,10)11/h3-6,9H,1-2H3. The van der Waals surface area contributed by atoms with Gasteiger partial charge in [-0.1, -0.05) is 0 Å². The number of aliphatic hydroxyl groups excluding tert-OH is 1. The van der Waals surface area contributed by atoms with E-state index in [0.717, 1.165) is 10.2 Å². The lowest BCUT2D eigenvalue weighted by molar-refractivity contribution is 0.193. The van der Waals surface area contributed by atoms with Gasteiger partial charge in [0, 0.05) is 6.20 Å². The van der Waals surface area contributed by atoms with Crippen LogP contribution < -0.4 is 0 Å². The second-order valence-corrected chi connectivity index (χ2v) is 4.53. The van der Waals surface area contributed by atoms with Crippen LogP contribution in [0.4, 0.5) is 0 Å². The predicted molar refractivity (Wildman–Crippen MR) is 45.3 cm³/mol. The van der Waals surface area contributed by atoms with Crippen LogP contribution in [-0.4, -0.2) is 23.8 Å². The van der Waals surface area contributed by atoms with Crippen LogP contribution >= 0.6 is 0 Å². The quantitative estimate of drug-likeness (QED) is 0.730. The Kier molecular flexibility index (Phi) is 2.25. The zero-order chi connectivity index (χ0) is 9.35. The topological polar surface area (TPSA) is 59.3 Å². The molecule has 0 saturated carbocycles. The minimum Gasteiger partial charge on any atom is -0.387 e. The molecule has 0 fully saturated rings. The van der Waals surface area contributed by atoms with Crippen molar-refractivity contribution in [3.8, 4) is 0 Å². The fourth-order valence-corrected chi connectivity index (χ4v) is 1.89. The number of aliphatic hydroxyl groups is 1. The van der Waals surface area contributed by atoms with E-state index < -0.39 is 16.1 Å². The summed E-state index contributed by atoms with van der Waals surface area (Å²) in [4.78, 5) is 0. The first-order valence-corrected chi connectivity index (χ1v) is 5.33. The molecule has 1 heterocycles. The Morgan fingerprint density at radius 3 is 2.50 bits per heavy atom. The monoisotopic (exact) mass is 189 g/mol. The van der Waals surface area contributed by atoms with Crippen molar-refractivity contribution in [3.63, 3.8) is 0 Å². The zero-order valence-corrected chi connectivity index (χ0v) is 7.75. The van der Waals surface area contributed by atoms with Crippen LogP contribution in [0.1, 0.15) is 18.7 Å². The summed E-state index contributed by atoms with van der Waals surface area (Å²) in [5.41, 5.74) is 0.387. The van der Waals surface area contributed by atoms with E-state index in [1.807, 2.05) is 0 Å². The van der Waals surface area contributed by atoms with Crippen molar-refractivity contribution in [1.82, 2.24) is 3.97 Å². The molecule has 4 nitrogen and oxygen atoms in total. The van der Waals surface area contributed by atoms with Gasteiger partial charge < -0.3 is 5.11 Å². The minimum absolute atomic E-state index is 0.387. The molecule has 1 unspecified atom stereocenters. The SMILES string of the molecule is CC(O)c1cccn1S(C)(=O)=O. The summed E-state index contributed by atoms with van der Waals surface area (Å²) in [7, 11) is -3.28. The van der Waals surface area contributed by atoms with Crippen molar-refractivity contribution in [2.24, 2.45) is 0 Å². The maximum atomic E-state index is 11.1. The Morgan fingerprint density at radius 2 is 2.17 bits per heavy atom. The van der Waals surface area contributed by atoms with Crippen LogP contribution in [0.15, 0.2) is 18.3 Å². The van der Waals surface area contributed by atoms with Crippen LogP contribution in [0.25, 0.3) is 0 Å². The van der Waals surface area contributed by atoms with Gasteiger partial charge in [-0.2, -0.15) is 0 Å². The molecule has 0 radical (unpaired) electrons. The molecule has 0 bridgehead atoms. The Hall–Kier alpha value is -0.810. The van der Waals surface area contributed by atoms with E-state index in [1.54, 1.807) is 12.1 Å². The van der Waals surface area contributed by atoms with Gasteiger partial charge in [0.05, 0.1) is 18.1 Å². The van der Waals surface area contributed by atoms with E-state index in [9.17, 15) is 13.5 Å². The molecule has 1 atom stereocenters. The Morgan fingerprint density at radius 1 is 1.58 bits per heavy atom. The van der Waals surface area contributed by atoms with Crippen LogP contribution in [0.3, 0.4) is 0 Å². The molecule has 0 saturated heterocycles. The molecule has 1 N–H and O–H groups in total. The lowest BCUT2D eigenvalue weighted by atomic mass is 10.3. The van der Waals surface area contributed by atoms with Gasteiger partial charge in [-0.05, 0) is 19.1 Å². The fraction of sp³-hybridized carbons (Fsp3) is 0.429. The molecule has 0 aliphatic rings. The number of aromatic nitrogens is 1. The van der Waals surface area contributed by atoms with Crippen LogP contribution in [0.5, 0.6) is 0 Å². The molecule has 0 aliphatic heterocycles. The molecule has 1 aromatic rings. The van der Waals surface area contributed by atoms with Gasteiger partial charge in [0.15, 0.2) is 0 Å². The van der Waals surface area contributed by atoms with Crippen molar-refractivity contribution >= 4 is 10.0 Å². The van der Waals surface area contributed by atoms with E-state index in [2.05, 4.69) is 0 Å². The number of rotatable bonds is 2. The van der Waals surface area contributed by atoms with Crippen molar-refractivity contribution in [2.75, 3.05) is 6.26 Å². The van der Waals surface area contributed by atoms with E-state index in [-0.39, 0.29) is 0 Å². The lowest BCUT2D eigenvalue weighted by Gasteiger charge is -2.08. The summed E-state index contributed by atoms with van der Waals surface area (Å²) in [5, 5.41) is 9.17. The first kappa shape index (κ1) is 9.28. The summed E-state index contributed by atoms with van der Waals surface area (Å²) >= 11 is 0. The maximum Gasteiger partial charge on any atom is 0.235 e. The fourth-order valence-electron chi connectivity index (χ4n) is 1.00. The largest absolute Gasteiger partial charge is 0.387 e. The summed E-state index contributed by atoms with van der Waals surface area (Å²) < 4.78 is 23.2. The van der Waals surface area contributed by atoms with E-state index in [1.165, 1.54) is 13.1 Å². The lowest BCUT2D eigenvalue weighted by Crippen LogP contribution is -2.13. The maximum absolute atomic E-state index is 11.1. The first-order valence-electron chi connectivity index (χ1n) is 3.49. The zero-order valence-electron chi connectivity index (χ0n) is 6.93. The number of nitrogens with zero attached hydrogens (tertiary/aromatic N) is 1. The molecule has 0 amide bonds. The van der Waals surface area contributed by atoms with Gasteiger partial charge in [0.1, 0.15) is 0 Å². The van der Waals surface area contributed by atoms with Crippen molar-refractivity contribution in [2.45, 2.75) is 13.0 Å². The van der Waals surface area contributed by atoms with E-state index >= 15 is 0 Å². The van der Waals surface area contributed by atoms with Crippen LogP contribution in [0.2, 0.25) is 0 Å². The molecule has 0 aromatic carbocycles. The van der Waals surface area contributed by atoms with Gasteiger partial charge in [0.25, 0.3) is 0 Å². The summed E-state index contributed by atoms with van der Waals surface area (Å²) in [6.07, 6.45) is 1.74. The molecule has 5 heteroatoms. The van der Waals surface area contributed by atoms with Gasteiger partial charge in [0.2, 0.25) is 10.0 Å². The highest BCUT2D eigenvalue weighted by Crippen LogP contribution is 2.14. The highest BCUT2D eigenvalue weighted by molar-refractivity contribution is 7.89.